The Balaban J connectivity index is 2.20. The first-order chi connectivity index (χ1) is 10.1. The molecule has 1 aromatic heterocycles. The number of carbonyl (C=O) groups excluding carboxylic acids is 2. The van der Waals surface area contributed by atoms with E-state index in [4.69, 9.17) is 10.5 Å². The Hall–Kier alpha value is -1.66. The predicted molar refractivity (Wildman–Crippen MR) is 83.7 cm³/mol. The van der Waals surface area contributed by atoms with Gasteiger partial charge in [-0.05, 0) is 43.0 Å². The van der Waals surface area contributed by atoms with Gasteiger partial charge in [-0.15, -0.1) is 17.9 Å². The Bertz CT molecular complexity index is 549. The number of carbonyl (C=O) groups is 2. The molecule has 1 saturated carbocycles. The van der Waals surface area contributed by atoms with Crippen LogP contribution in [0.1, 0.15) is 48.0 Å². The average molecular weight is 308 g/mol. The molecule has 0 aromatic carbocycles. The second kappa shape index (κ2) is 6.87. The Kier molecular flexibility index (Phi) is 5.14. The number of ether oxygens (including phenoxy) is 1. The summed E-state index contributed by atoms with van der Waals surface area (Å²) in [6.07, 6.45) is 4.14. The fourth-order valence-corrected chi connectivity index (χ4v) is 3.10. The molecule has 1 amide bonds. The molecule has 0 radical (unpaired) electrons. The second-order valence-corrected chi connectivity index (χ2v) is 5.89. The molecule has 2 rings (SSSR count). The zero-order chi connectivity index (χ0) is 15.4. The van der Waals surface area contributed by atoms with E-state index in [1.807, 2.05) is 5.38 Å². The maximum absolute atomic E-state index is 12.1. The first kappa shape index (κ1) is 15.7. The summed E-state index contributed by atoms with van der Waals surface area (Å²) in [6, 6.07) is -0.663. The van der Waals surface area contributed by atoms with E-state index in [1.54, 1.807) is 13.0 Å². The molecule has 3 N–H and O–H groups in total. The molecular formula is C15H20N2O3S. The molecule has 0 spiro atoms. The molecule has 1 fully saturated rings. The van der Waals surface area contributed by atoms with E-state index in [9.17, 15) is 9.59 Å². The van der Waals surface area contributed by atoms with Gasteiger partial charge in [0, 0.05) is 0 Å². The van der Waals surface area contributed by atoms with Crippen molar-refractivity contribution < 1.29 is 14.3 Å². The molecule has 21 heavy (non-hydrogen) atoms. The molecule has 0 aliphatic heterocycles. The monoisotopic (exact) mass is 308 g/mol. The number of hydrogen-bond acceptors (Lipinski definition) is 5. The topological polar surface area (TPSA) is 81.4 Å². The van der Waals surface area contributed by atoms with Crippen LogP contribution in [0.25, 0.3) is 0 Å². The van der Waals surface area contributed by atoms with Gasteiger partial charge in [0.1, 0.15) is 5.00 Å². The highest BCUT2D eigenvalue weighted by molar-refractivity contribution is 7.15. The van der Waals surface area contributed by atoms with E-state index < -0.39 is 6.04 Å². The second-order valence-electron chi connectivity index (χ2n) is 5.01. The van der Waals surface area contributed by atoms with E-state index in [1.165, 1.54) is 11.3 Å². The molecule has 1 aromatic rings. The molecule has 0 bridgehead atoms. The molecule has 1 aliphatic rings. The molecule has 0 saturated heterocycles. The highest BCUT2D eigenvalue weighted by Gasteiger charge is 2.32. The van der Waals surface area contributed by atoms with Crippen LogP contribution in [0.4, 0.5) is 5.00 Å². The van der Waals surface area contributed by atoms with Gasteiger partial charge in [0.05, 0.1) is 18.2 Å². The first-order valence-electron chi connectivity index (χ1n) is 7.04. The molecule has 6 heteroatoms. The summed E-state index contributed by atoms with van der Waals surface area (Å²) in [6.45, 7) is 5.64. The fourth-order valence-electron chi connectivity index (χ4n) is 2.06. The smallest absolute Gasteiger partial charge is 0.341 e. The van der Waals surface area contributed by atoms with Crippen LogP contribution < -0.4 is 11.1 Å². The van der Waals surface area contributed by atoms with Crippen molar-refractivity contribution in [2.45, 2.75) is 38.1 Å². The van der Waals surface area contributed by atoms with Crippen LogP contribution in [-0.2, 0) is 9.53 Å². The zero-order valence-corrected chi connectivity index (χ0v) is 12.9. The lowest BCUT2D eigenvalue weighted by atomic mass is 10.1. The minimum absolute atomic E-state index is 0.308. The Morgan fingerprint density at radius 2 is 2.33 bits per heavy atom. The predicted octanol–water partition coefficient (Wildman–Crippen LogP) is 2.64. The SMILES string of the molecule is C=CCC(N)C(=O)Nc1scc(C2CC2)c1C(=O)OCC. The maximum Gasteiger partial charge on any atom is 0.341 e. The van der Waals surface area contributed by atoms with Crippen LogP contribution in [-0.4, -0.2) is 24.5 Å². The van der Waals surface area contributed by atoms with Crippen LogP contribution in [0, 0.1) is 0 Å². The summed E-state index contributed by atoms with van der Waals surface area (Å²) in [5.74, 6) is -0.286. The summed E-state index contributed by atoms with van der Waals surface area (Å²) in [4.78, 5) is 24.1. The van der Waals surface area contributed by atoms with Gasteiger partial charge in [-0.1, -0.05) is 6.08 Å². The summed E-state index contributed by atoms with van der Waals surface area (Å²) in [5.41, 5.74) is 7.21. The number of anilines is 1. The number of thiophene rings is 1. The zero-order valence-electron chi connectivity index (χ0n) is 12.1. The molecule has 1 atom stereocenters. The number of hydrogen-bond donors (Lipinski definition) is 2. The molecule has 1 aliphatic carbocycles. The van der Waals surface area contributed by atoms with Crippen molar-refractivity contribution in [3.05, 3.63) is 29.2 Å². The van der Waals surface area contributed by atoms with Crippen LogP contribution >= 0.6 is 11.3 Å². The summed E-state index contributed by atoms with van der Waals surface area (Å²) in [7, 11) is 0. The van der Waals surface area contributed by atoms with Crippen LogP contribution in [0.15, 0.2) is 18.0 Å². The van der Waals surface area contributed by atoms with Crippen LogP contribution in [0.3, 0.4) is 0 Å². The van der Waals surface area contributed by atoms with E-state index in [0.29, 0.717) is 29.5 Å². The summed E-state index contributed by atoms with van der Waals surface area (Å²) in [5, 5.41) is 5.20. The van der Waals surface area contributed by atoms with Gasteiger partial charge in [-0.2, -0.15) is 0 Å². The van der Waals surface area contributed by atoms with Crippen molar-refractivity contribution >= 4 is 28.2 Å². The molecule has 1 heterocycles. The molecule has 114 valence electrons. The van der Waals surface area contributed by atoms with Crippen molar-refractivity contribution in [1.29, 1.82) is 0 Å². The normalized spacial score (nSPS) is 15.3. The third-order valence-corrected chi connectivity index (χ3v) is 4.22. The lowest BCUT2D eigenvalue weighted by molar-refractivity contribution is -0.117. The third kappa shape index (κ3) is 3.71. The minimum Gasteiger partial charge on any atom is -0.462 e. The number of nitrogens with one attached hydrogen (secondary N) is 1. The van der Waals surface area contributed by atoms with Crippen molar-refractivity contribution in [1.82, 2.24) is 0 Å². The van der Waals surface area contributed by atoms with Gasteiger partial charge < -0.3 is 15.8 Å². The van der Waals surface area contributed by atoms with E-state index in [0.717, 1.165) is 18.4 Å². The van der Waals surface area contributed by atoms with Gasteiger partial charge in [0.15, 0.2) is 0 Å². The summed E-state index contributed by atoms with van der Waals surface area (Å²) >= 11 is 1.35. The number of amides is 1. The van der Waals surface area contributed by atoms with Gasteiger partial charge in [-0.25, -0.2) is 4.79 Å². The lowest BCUT2D eigenvalue weighted by Gasteiger charge is -2.11. The quantitative estimate of drug-likeness (QED) is 0.599. The largest absolute Gasteiger partial charge is 0.462 e. The van der Waals surface area contributed by atoms with Gasteiger partial charge >= 0.3 is 5.97 Å². The number of nitrogens with two attached hydrogens (primary N) is 1. The Labute approximate surface area is 128 Å². The highest BCUT2D eigenvalue weighted by atomic mass is 32.1. The number of esters is 1. The lowest BCUT2D eigenvalue weighted by Crippen LogP contribution is -2.35. The van der Waals surface area contributed by atoms with Gasteiger partial charge in [0.25, 0.3) is 0 Å². The van der Waals surface area contributed by atoms with Gasteiger partial charge in [-0.3, -0.25) is 4.79 Å². The van der Waals surface area contributed by atoms with Gasteiger partial charge in [0.2, 0.25) is 5.91 Å². The maximum atomic E-state index is 12.1. The van der Waals surface area contributed by atoms with Crippen molar-refractivity contribution in [3.8, 4) is 0 Å². The van der Waals surface area contributed by atoms with Crippen molar-refractivity contribution in [3.63, 3.8) is 0 Å². The van der Waals surface area contributed by atoms with E-state index in [2.05, 4.69) is 11.9 Å². The number of rotatable bonds is 7. The first-order valence-corrected chi connectivity index (χ1v) is 7.92. The minimum atomic E-state index is -0.663. The third-order valence-electron chi connectivity index (χ3n) is 3.31. The van der Waals surface area contributed by atoms with E-state index in [-0.39, 0.29) is 11.9 Å². The molecule has 1 unspecified atom stereocenters. The van der Waals surface area contributed by atoms with Crippen molar-refractivity contribution in [2.75, 3.05) is 11.9 Å². The standard InChI is InChI=1S/C15H20N2O3S/c1-3-5-11(16)13(18)17-14-12(15(19)20-4-2)10(8-21-14)9-6-7-9/h3,8-9,11H,1,4-7,16H2,2H3,(H,17,18). The molecule has 5 nitrogen and oxygen atoms in total. The Morgan fingerprint density at radius 3 is 2.90 bits per heavy atom. The average Bonchev–Trinajstić information content (AvgIpc) is 3.20. The summed E-state index contributed by atoms with van der Waals surface area (Å²) < 4.78 is 5.10. The van der Waals surface area contributed by atoms with E-state index >= 15 is 0 Å². The molecular weight excluding hydrogens is 288 g/mol. The van der Waals surface area contributed by atoms with Crippen molar-refractivity contribution in [2.24, 2.45) is 5.73 Å². The fraction of sp³-hybridized carbons (Fsp3) is 0.467. The highest BCUT2D eigenvalue weighted by Crippen LogP contribution is 2.46. The van der Waals surface area contributed by atoms with Crippen LogP contribution in [0.5, 0.6) is 0 Å². The van der Waals surface area contributed by atoms with Crippen LogP contribution in [0.2, 0.25) is 0 Å². The Morgan fingerprint density at radius 1 is 1.62 bits per heavy atom.